The van der Waals surface area contributed by atoms with Crippen molar-refractivity contribution in [2.45, 2.75) is 0 Å². The minimum Gasteiger partial charge on any atom is -0.478 e. The molecule has 96 valence electrons. The topological polar surface area (TPSA) is 37.3 Å². The first-order valence-electron chi connectivity index (χ1n) is 5.53. The number of hydrogen-bond donors (Lipinski definition) is 1. The van der Waals surface area contributed by atoms with Crippen molar-refractivity contribution in [2.75, 3.05) is 0 Å². The van der Waals surface area contributed by atoms with Gasteiger partial charge >= 0.3 is 5.97 Å². The van der Waals surface area contributed by atoms with Gasteiger partial charge in [-0.1, -0.05) is 30.3 Å². The fourth-order valence-electron chi connectivity index (χ4n) is 1.70. The number of carbonyl (C=O) groups is 1. The monoisotopic (exact) mass is 260 g/mol. The van der Waals surface area contributed by atoms with E-state index in [1.54, 1.807) is 6.07 Å². The Kier molecular flexibility index (Phi) is 3.71. The fraction of sp³-hybridized carbons (Fsp3) is 0. The molecule has 0 saturated carbocycles. The van der Waals surface area contributed by atoms with Crippen molar-refractivity contribution < 1.29 is 18.7 Å². The molecule has 4 heteroatoms. The average Bonchev–Trinajstić information content (AvgIpc) is 2.38. The van der Waals surface area contributed by atoms with Crippen LogP contribution < -0.4 is 0 Å². The molecule has 2 rings (SSSR count). The van der Waals surface area contributed by atoms with Crippen LogP contribution in [0, 0.1) is 11.6 Å². The highest BCUT2D eigenvalue weighted by Crippen LogP contribution is 2.26. The zero-order chi connectivity index (χ0) is 13.8. The van der Waals surface area contributed by atoms with Gasteiger partial charge in [0.2, 0.25) is 0 Å². The third kappa shape index (κ3) is 3.04. The van der Waals surface area contributed by atoms with Gasteiger partial charge in [-0.05, 0) is 23.8 Å². The fourth-order valence-corrected chi connectivity index (χ4v) is 1.70. The van der Waals surface area contributed by atoms with Crippen molar-refractivity contribution in [2.24, 2.45) is 0 Å². The summed E-state index contributed by atoms with van der Waals surface area (Å²) in [6.07, 6.45) is 2.19. The molecule has 0 aliphatic carbocycles. The van der Waals surface area contributed by atoms with Gasteiger partial charge < -0.3 is 5.11 Å². The van der Waals surface area contributed by atoms with E-state index >= 15 is 0 Å². The second-order valence-electron chi connectivity index (χ2n) is 3.89. The second-order valence-corrected chi connectivity index (χ2v) is 3.89. The Morgan fingerprint density at radius 2 is 1.68 bits per heavy atom. The third-order valence-corrected chi connectivity index (χ3v) is 2.58. The predicted molar refractivity (Wildman–Crippen MR) is 68.5 cm³/mol. The maximum Gasteiger partial charge on any atom is 0.328 e. The molecule has 2 nitrogen and oxygen atoms in total. The molecule has 0 heterocycles. The third-order valence-electron chi connectivity index (χ3n) is 2.58. The van der Waals surface area contributed by atoms with Crippen LogP contribution in [-0.2, 0) is 4.79 Å². The van der Waals surface area contributed by atoms with Gasteiger partial charge in [0.1, 0.15) is 11.6 Å². The lowest BCUT2D eigenvalue weighted by Gasteiger charge is -2.05. The molecular formula is C15H10F2O2. The van der Waals surface area contributed by atoms with Gasteiger partial charge in [0.15, 0.2) is 0 Å². The first-order chi connectivity index (χ1) is 9.08. The highest BCUT2D eigenvalue weighted by Gasteiger charge is 2.09. The first kappa shape index (κ1) is 13.0. The lowest BCUT2D eigenvalue weighted by Crippen LogP contribution is -1.90. The highest BCUT2D eigenvalue weighted by atomic mass is 19.1. The summed E-state index contributed by atoms with van der Waals surface area (Å²) in [6.45, 7) is 0. The molecule has 0 unspecified atom stereocenters. The lowest BCUT2D eigenvalue weighted by molar-refractivity contribution is -0.131. The maximum absolute atomic E-state index is 13.9. The quantitative estimate of drug-likeness (QED) is 0.854. The van der Waals surface area contributed by atoms with Gasteiger partial charge in [0.05, 0.1) is 0 Å². The smallest absolute Gasteiger partial charge is 0.328 e. The summed E-state index contributed by atoms with van der Waals surface area (Å²) in [5.74, 6) is -2.22. The number of carboxylic acids is 1. The first-order valence-corrected chi connectivity index (χ1v) is 5.53. The standard InChI is InChI=1S/C15H10F2O2/c16-13-4-2-1-3-11(13)12-7-5-10(9-14(12)17)6-8-15(18)19/h1-9H,(H,18,19)/b8-6+. The van der Waals surface area contributed by atoms with Gasteiger partial charge in [-0.3, -0.25) is 0 Å². The van der Waals surface area contributed by atoms with Gasteiger partial charge in [-0.25, -0.2) is 13.6 Å². The Labute approximate surface area is 108 Å². The summed E-state index contributed by atoms with van der Waals surface area (Å²) in [6, 6.07) is 10.0. The molecule has 0 aromatic heterocycles. The normalized spacial score (nSPS) is 10.8. The van der Waals surface area contributed by atoms with Crippen LogP contribution in [-0.4, -0.2) is 11.1 Å². The average molecular weight is 260 g/mol. The largest absolute Gasteiger partial charge is 0.478 e. The molecule has 2 aromatic carbocycles. The minimum absolute atomic E-state index is 0.144. The summed E-state index contributed by atoms with van der Waals surface area (Å²) in [5, 5.41) is 8.48. The van der Waals surface area contributed by atoms with E-state index in [9.17, 15) is 13.6 Å². The molecule has 0 atom stereocenters. The Balaban J connectivity index is 2.40. The van der Waals surface area contributed by atoms with Crippen LogP contribution in [0.5, 0.6) is 0 Å². The Morgan fingerprint density at radius 3 is 2.32 bits per heavy atom. The molecule has 0 aliphatic heterocycles. The Hall–Kier alpha value is -2.49. The van der Waals surface area contributed by atoms with Crippen molar-refractivity contribution in [1.82, 2.24) is 0 Å². The summed E-state index contributed by atoms with van der Waals surface area (Å²) >= 11 is 0. The SMILES string of the molecule is O=C(O)/C=C/c1ccc(-c2ccccc2F)c(F)c1. The summed E-state index contributed by atoms with van der Waals surface area (Å²) in [5.41, 5.74) is 0.722. The van der Waals surface area contributed by atoms with Crippen molar-refractivity contribution >= 4 is 12.0 Å². The highest BCUT2D eigenvalue weighted by molar-refractivity contribution is 5.85. The molecule has 0 bridgehead atoms. The van der Waals surface area contributed by atoms with Gasteiger partial charge in [-0.2, -0.15) is 0 Å². The Bertz CT molecular complexity index is 648. The number of aliphatic carboxylic acids is 1. The van der Waals surface area contributed by atoms with E-state index in [-0.39, 0.29) is 11.1 Å². The number of hydrogen-bond acceptors (Lipinski definition) is 1. The van der Waals surface area contributed by atoms with Crippen LogP contribution in [0.3, 0.4) is 0 Å². The van der Waals surface area contributed by atoms with E-state index in [1.807, 2.05) is 0 Å². The number of rotatable bonds is 3. The van der Waals surface area contributed by atoms with E-state index in [2.05, 4.69) is 0 Å². The van der Waals surface area contributed by atoms with Crippen LogP contribution in [0.25, 0.3) is 17.2 Å². The van der Waals surface area contributed by atoms with E-state index in [0.717, 1.165) is 6.08 Å². The number of carboxylic acid groups (broad SMARTS) is 1. The van der Waals surface area contributed by atoms with E-state index in [4.69, 9.17) is 5.11 Å². The van der Waals surface area contributed by atoms with Crippen molar-refractivity contribution in [3.05, 3.63) is 65.7 Å². The molecule has 0 saturated heterocycles. The van der Waals surface area contributed by atoms with Crippen LogP contribution in [0.2, 0.25) is 0 Å². The van der Waals surface area contributed by atoms with Crippen LogP contribution in [0.1, 0.15) is 5.56 Å². The molecule has 1 N–H and O–H groups in total. The summed E-state index contributed by atoms with van der Waals surface area (Å²) in [7, 11) is 0. The predicted octanol–water partition coefficient (Wildman–Crippen LogP) is 3.73. The van der Waals surface area contributed by atoms with E-state index in [0.29, 0.717) is 5.56 Å². The second kappa shape index (κ2) is 5.44. The van der Waals surface area contributed by atoms with Crippen LogP contribution in [0.4, 0.5) is 8.78 Å². The molecule has 2 aromatic rings. The van der Waals surface area contributed by atoms with Crippen molar-refractivity contribution in [1.29, 1.82) is 0 Å². The molecule has 0 spiro atoms. The number of benzene rings is 2. The zero-order valence-electron chi connectivity index (χ0n) is 9.81. The maximum atomic E-state index is 13.9. The van der Waals surface area contributed by atoms with Crippen LogP contribution in [0.15, 0.2) is 48.5 Å². The minimum atomic E-state index is -1.11. The summed E-state index contributed by atoms with van der Waals surface area (Å²) in [4.78, 5) is 10.4. The lowest BCUT2D eigenvalue weighted by atomic mass is 10.0. The molecule has 0 aliphatic rings. The van der Waals surface area contributed by atoms with E-state index in [1.165, 1.54) is 42.5 Å². The number of halogens is 2. The van der Waals surface area contributed by atoms with Gasteiger partial charge in [0.25, 0.3) is 0 Å². The van der Waals surface area contributed by atoms with Crippen molar-refractivity contribution in [3.63, 3.8) is 0 Å². The summed E-state index contributed by atoms with van der Waals surface area (Å²) < 4.78 is 27.4. The molecule has 19 heavy (non-hydrogen) atoms. The van der Waals surface area contributed by atoms with E-state index < -0.39 is 17.6 Å². The molecule has 0 radical (unpaired) electrons. The molecular weight excluding hydrogens is 250 g/mol. The Morgan fingerprint density at radius 1 is 1.00 bits per heavy atom. The van der Waals surface area contributed by atoms with Crippen molar-refractivity contribution in [3.8, 4) is 11.1 Å². The van der Waals surface area contributed by atoms with Gasteiger partial charge in [0, 0.05) is 17.2 Å². The molecule has 0 fully saturated rings. The van der Waals surface area contributed by atoms with Crippen LogP contribution >= 0.6 is 0 Å². The van der Waals surface area contributed by atoms with Gasteiger partial charge in [-0.15, -0.1) is 0 Å². The molecule has 0 amide bonds. The zero-order valence-corrected chi connectivity index (χ0v) is 9.81.